The number of hydrogen-bond donors (Lipinski definition) is 0. The number of benzene rings is 1. The van der Waals surface area contributed by atoms with E-state index in [9.17, 15) is 9.18 Å². The van der Waals surface area contributed by atoms with E-state index in [1.807, 2.05) is 11.0 Å². The van der Waals surface area contributed by atoms with Gasteiger partial charge in [0.2, 0.25) is 0 Å². The normalized spacial score (nSPS) is 11.4. The molecule has 1 heterocycles. The van der Waals surface area contributed by atoms with Crippen molar-refractivity contribution in [2.24, 2.45) is 0 Å². The van der Waals surface area contributed by atoms with Crippen LogP contribution >= 0.6 is 0 Å². The summed E-state index contributed by atoms with van der Waals surface area (Å²) in [6.07, 6.45) is 1.86. The fraction of sp³-hybridized carbons (Fsp3) is 0.500. The quantitative estimate of drug-likeness (QED) is 0.581. The summed E-state index contributed by atoms with van der Waals surface area (Å²) in [5.41, 5.74) is 1.05. The van der Waals surface area contributed by atoms with Gasteiger partial charge in [0.15, 0.2) is 5.76 Å². The first-order valence-corrected chi connectivity index (χ1v) is 9.81. The summed E-state index contributed by atoms with van der Waals surface area (Å²) in [5, 5.41) is 0. The number of rotatable bonds is 10. The van der Waals surface area contributed by atoms with Gasteiger partial charge in [-0.1, -0.05) is 26.0 Å². The molecule has 4 nitrogen and oxygen atoms in total. The molecule has 0 saturated heterocycles. The van der Waals surface area contributed by atoms with Crippen LogP contribution in [0.15, 0.2) is 40.8 Å². The fourth-order valence-electron chi connectivity index (χ4n) is 3.03. The van der Waals surface area contributed by atoms with Gasteiger partial charge in [0.25, 0.3) is 5.91 Å². The third-order valence-corrected chi connectivity index (χ3v) is 4.53. The number of halogens is 1. The lowest BCUT2D eigenvalue weighted by atomic mass is 10.2. The Hall–Kier alpha value is -2.14. The molecule has 0 aliphatic rings. The van der Waals surface area contributed by atoms with Crippen LogP contribution in [0.2, 0.25) is 0 Å². The highest BCUT2D eigenvalue weighted by Crippen LogP contribution is 2.17. The van der Waals surface area contributed by atoms with Crippen LogP contribution in [0, 0.1) is 5.82 Å². The van der Waals surface area contributed by atoms with Gasteiger partial charge in [-0.25, -0.2) is 4.39 Å². The number of amides is 1. The first-order valence-electron chi connectivity index (χ1n) is 9.81. The van der Waals surface area contributed by atoms with E-state index in [1.165, 1.54) is 12.1 Å². The molecule has 0 aliphatic carbocycles. The summed E-state index contributed by atoms with van der Waals surface area (Å²) in [6.45, 7) is 11.1. The molecule has 0 aliphatic heterocycles. The molecular formula is C22H31FN2O2. The summed E-state index contributed by atoms with van der Waals surface area (Å²) in [6, 6.07) is 10.5. The summed E-state index contributed by atoms with van der Waals surface area (Å²) < 4.78 is 19.0. The standard InChI is InChI=1S/C22H31FN2O2/c1-5-13-24(14-6-2)22(26)21-12-11-20(27-21)16-25(17(3)4)15-18-7-9-19(23)10-8-18/h7-12,17H,5-6,13-16H2,1-4H3. The summed E-state index contributed by atoms with van der Waals surface area (Å²) >= 11 is 0. The molecule has 0 N–H and O–H groups in total. The predicted octanol–water partition coefficient (Wildman–Crippen LogP) is 5.09. The molecule has 1 amide bonds. The second-order valence-electron chi connectivity index (χ2n) is 7.18. The Balaban J connectivity index is 2.06. The Kier molecular flexibility index (Phi) is 8.04. The van der Waals surface area contributed by atoms with Crippen molar-refractivity contribution in [3.8, 4) is 0 Å². The van der Waals surface area contributed by atoms with Crippen molar-refractivity contribution in [2.75, 3.05) is 13.1 Å². The maximum Gasteiger partial charge on any atom is 0.289 e. The van der Waals surface area contributed by atoms with Gasteiger partial charge in [-0.2, -0.15) is 0 Å². The van der Waals surface area contributed by atoms with Crippen LogP contribution in [0.1, 0.15) is 62.4 Å². The minimum Gasteiger partial charge on any atom is -0.455 e. The predicted molar refractivity (Wildman–Crippen MR) is 106 cm³/mol. The maximum atomic E-state index is 13.1. The van der Waals surface area contributed by atoms with Crippen molar-refractivity contribution in [2.45, 2.75) is 59.7 Å². The number of furan rings is 1. The van der Waals surface area contributed by atoms with E-state index < -0.39 is 0 Å². The minimum absolute atomic E-state index is 0.0421. The molecule has 0 unspecified atom stereocenters. The third-order valence-electron chi connectivity index (χ3n) is 4.53. The molecule has 27 heavy (non-hydrogen) atoms. The Labute approximate surface area is 162 Å². The van der Waals surface area contributed by atoms with Crippen LogP contribution in [0.4, 0.5) is 4.39 Å². The Morgan fingerprint density at radius 2 is 1.63 bits per heavy atom. The van der Waals surface area contributed by atoms with Crippen LogP contribution in [0.5, 0.6) is 0 Å². The van der Waals surface area contributed by atoms with Gasteiger partial charge in [0, 0.05) is 25.7 Å². The van der Waals surface area contributed by atoms with Crippen LogP contribution < -0.4 is 0 Å². The molecule has 2 aromatic rings. The van der Waals surface area contributed by atoms with Crippen LogP contribution in [-0.4, -0.2) is 34.8 Å². The van der Waals surface area contributed by atoms with Gasteiger partial charge in [-0.15, -0.1) is 0 Å². The molecule has 0 fully saturated rings. The first-order chi connectivity index (χ1) is 12.9. The van der Waals surface area contributed by atoms with Gasteiger partial charge in [-0.3, -0.25) is 9.69 Å². The van der Waals surface area contributed by atoms with E-state index in [1.54, 1.807) is 18.2 Å². The molecule has 1 aromatic carbocycles. The highest BCUT2D eigenvalue weighted by Gasteiger charge is 2.19. The lowest BCUT2D eigenvalue weighted by Gasteiger charge is -2.25. The van der Waals surface area contributed by atoms with E-state index in [0.717, 1.165) is 37.3 Å². The zero-order valence-electron chi connectivity index (χ0n) is 16.9. The molecule has 2 rings (SSSR count). The van der Waals surface area contributed by atoms with Gasteiger partial charge in [0.1, 0.15) is 11.6 Å². The molecule has 148 valence electrons. The number of carbonyl (C=O) groups excluding carboxylic acids is 1. The summed E-state index contributed by atoms with van der Waals surface area (Å²) in [4.78, 5) is 16.7. The second kappa shape index (κ2) is 10.3. The van der Waals surface area contributed by atoms with Gasteiger partial charge >= 0.3 is 0 Å². The zero-order chi connectivity index (χ0) is 19.8. The van der Waals surface area contributed by atoms with Crippen LogP contribution in [0.25, 0.3) is 0 Å². The maximum absolute atomic E-state index is 13.1. The highest BCUT2D eigenvalue weighted by molar-refractivity contribution is 5.91. The second-order valence-corrected chi connectivity index (χ2v) is 7.18. The smallest absolute Gasteiger partial charge is 0.289 e. The summed E-state index contributed by atoms with van der Waals surface area (Å²) in [7, 11) is 0. The molecule has 1 aromatic heterocycles. The van der Waals surface area contributed by atoms with E-state index in [4.69, 9.17) is 4.42 Å². The van der Waals surface area contributed by atoms with Gasteiger partial charge in [-0.05, 0) is 56.5 Å². The van der Waals surface area contributed by atoms with Crippen molar-refractivity contribution in [3.63, 3.8) is 0 Å². The van der Waals surface area contributed by atoms with E-state index in [2.05, 4.69) is 32.6 Å². The van der Waals surface area contributed by atoms with Crippen molar-refractivity contribution in [1.29, 1.82) is 0 Å². The topological polar surface area (TPSA) is 36.7 Å². The van der Waals surface area contributed by atoms with Crippen molar-refractivity contribution in [1.82, 2.24) is 9.80 Å². The molecule has 5 heteroatoms. The molecular weight excluding hydrogens is 343 g/mol. The minimum atomic E-state index is -0.229. The average Bonchev–Trinajstić information content (AvgIpc) is 3.10. The van der Waals surface area contributed by atoms with E-state index in [0.29, 0.717) is 18.8 Å². The molecule has 0 bridgehead atoms. The van der Waals surface area contributed by atoms with Crippen molar-refractivity contribution in [3.05, 3.63) is 59.3 Å². The highest BCUT2D eigenvalue weighted by atomic mass is 19.1. The Morgan fingerprint density at radius 3 is 2.19 bits per heavy atom. The first kappa shape index (κ1) is 21.2. The molecule has 0 saturated carbocycles. The van der Waals surface area contributed by atoms with Crippen LogP contribution in [-0.2, 0) is 13.1 Å². The lowest BCUT2D eigenvalue weighted by Crippen LogP contribution is -2.32. The van der Waals surface area contributed by atoms with Gasteiger partial charge < -0.3 is 9.32 Å². The number of nitrogens with zero attached hydrogens (tertiary/aromatic N) is 2. The average molecular weight is 375 g/mol. The van der Waals surface area contributed by atoms with Crippen molar-refractivity contribution >= 4 is 5.91 Å². The molecule has 0 spiro atoms. The zero-order valence-corrected chi connectivity index (χ0v) is 16.9. The Bertz CT molecular complexity index is 703. The SMILES string of the molecule is CCCN(CCC)C(=O)c1ccc(CN(Cc2ccc(F)cc2)C(C)C)o1. The van der Waals surface area contributed by atoms with Crippen LogP contribution in [0.3, 0.4) is 0 Å². The number of hydrogen-bond acceptors (Lipinski definition) is 3. The lowest BCUT2D eigenvalue weighted by molar-refractivity contribution is 0.0718. The van der Waals surface area contributed by atoms with Crippen molar-refractivity contribution < 1.29 is 13.6 Å². The third kappa shape index (κ3) is 6.21. The summed E-state index contributed by atoms with van der Waals surface area (Å²) in [5.74, 6) is 0.895. The monoisotopic (exact) mass is 374 g/mol. The number of carbonyl (C=O) groups is 1. The largest absolute Gasteiger partial charge is 0.455 e. The molecule has 0 radical (unpaired) electrons. The van der Waals surface area contributed by atoms with E-state index >= 15 is 0 Å². The fourth-order valence-corrected chi connectivity index (χ4v) is 3.03. The van der Waals surface area contributed by atoms with Gasteiger partial charge in [0.05, 0.1) is 6.54 Å². The Morgan fingerprint density at radius 1 is 1.00 bits per heavy atom. The van der Waals surface area contributed by atoms with E-state index in [-0.39, 0.29) is 17.8 Å². The molecule has 0 atom stereocenters.